The molecule has 0 aromatic rings. The minimum absolute atomic E-state index is 0.0214. The highest BCUT2D eigenvalue weighted by Crippen LogP contribution is 2.35. The van der Waals surface area contributed by atoms with E-state index in [0.717, 1.165) is 16.7 Å². The normalized spacial score (nSPS) is 42.1. The van der Waals surface area contributed by atoms with Gasteiger partial charge in [-0.15, -0.1) is 0 Å². The van der Waals surface area contributed by atoms with Gasteiger partial charge >= 0.3 is 5.97 Å². The molecule has 3 rings (SSSR count). The van der Waals surface area contributed by atoms with Crippen molar-refractivity contribution >= 4 is 5.97 Å². The molecule has 0 bridgehead atoms. The number of hydrogen-bond acceptors (Lipinski definition) is 13. The topological polar surface area (TPSA) is 166 Å². The van der Waals surface area contributed by atoms with Crippen molar-refractivity contribution in [1.29, 1.82) is 0 Å². The van der Waals surface area contributed by atoms with Gasteiger partial charge in [0.05, 0.1) is 42.6 Å². The number of allylic oxidation sites excluding steroid dienone is 4. The first-order valence-corrected chi connectivity index (χ1v) is 19.6. The summed E-state index contributed by atoms with van der Waals surface area (Å²) in [4.78, 5) is 14.8. The fraction of sp³-hybridized carbons (Fsp3) is 0.738. The van der Waals surface area contributed by atoms with Crippen LogP contribution in [0, 0.1) is 11.8 Å². The van der Waals surface area contributed by atoms with Crippen LogP contribution in [0.2, 0.25) is 0 Å². The van der Waals surface area contributed by atoms with Crippen LogP contribution in [0.15, 0.2) is 58.7 Å². The molecule has 2 fully saturated rings. The molecule has 4 N–H and O–H groups in total. The molecule has 55 heavy (non-hydrogen) atoms. The molecule has 0 aliphatic carbocycles. The molecule has 0 aromatic carbocycles. The van der Waals surface area contributed by atoms with Gasteiger partial charge in [0, 0.05) is 26.6 Å². The van der Waals surface area contributed by atoms with Gasteiger partial charge in [0.15, 0.2) is 12.6 Å². The summed E-state index contributed by atoms with van der Waals surface area (Å²) < 4.78 is 42.8. The Labute approximate surface area is 328 Å². The fourth-order valence-electron chi connectivity index (χ4n) is 7.54. The number of aliphatic hydroxyl groups is 4. The number of cyclic esters (lactones) is 1. The molecule has 314 valence electrons. The first-order valence-electron chi connectivity index (χ1n) is 19.6. The molecule has 3 heterocycles. The quantitative estimate of drug-likeness (QED) is 0.186. The molecule has 14 atom stereocenters. The number of aliphatic hydroxyl groups excluding tert-OH is 4. The molecule has 13 heteroatoms. The predicted molar refractivity (Wildman–Crippen MR) is 209 cm³/mol. The Kier molecular flexibility index (Phi) is 18.9. The second-order valence-electron chi connectivity index (χ2n) is 15.7. The van der Waals surface area contributed by atoms with Crippen LogP contribution >= 0.6 is 0 Å². The van der Waals surface area contributed by atoms with Crippen molar-refractivity contribution in [3.8, 4) is 0 Å². The van der Waals surface area contributed by atoms with Crippen LogP contribution in [0.5, 0.6) is 0 Å². The van der Waals surface area contributed by atoms with Crippen LogP contribution in [0.3, 0.4) is 0 Å². The van der Waals surface area contributed by atoms with Crippen LogP contribution in [0.1, 0.15) is 74.7 Å². The van der Waals surface area contributed by atoms with E-state index in [2.05, 4.69) is 6.92 Å². The van der Waals surface area contributed by atoms with Crippen LogP contribution in [0.25, 0.3) is 0 Å². The Bertz CT molecular complexity index is 1370. The number of likely N-dealkylation sites (N-methyl/N-ethyl adjacent to an activating group) is 1. The fourth-order valence-corrected chi connectivity index (χ4v) is 7.54. The first kappa shape index (κ1) is 47.1. The SMILES string of the molecule is CC[C@@H]1/C=C(/C)[C@@H](O)C/C=C/C=C(\CO)C(=O)O[C@H](C(C)C)C/C=C(C)/C=C(\C)C1O[C@H]1O[C@@H](C)C(O[C@@H]2O[C@H](C)[C@@H](OC)[C@H](O)[C@H]2OC)[C@@H](N(C)C)[C@@H]1O. The van der Waals surface area contributed by atoms with Crippen molar-refractivity contribution in [2.24, 2.45) is 11.8 Å². The van der Waals surface area contributed by atoms with E-state index in [4.69, 9.17) is 33.2 Å². The maximum absolute atomic E-state index is 13.0. The molecule has 0 amide bonds. The van der Waals surface area contributed by atoms with E-state index in [1.165, 1.54) is 20.3 Å². The van der Waals surface area contributed by atoms with Crippen LogP contribution in [0.4, 0.5) is 0 Å². The molecule has 0 aromatic heterocycles. The van der Waals surface area contributed by atoms with Crippen molar-refractivity contribution in [2.75, 3.05) is 34.9 Å². The largest absolute Gasteiger partial charge is 0.458 e. The highest BCUT2D eigenvalue weighted by atomic mass is 16.7. The molecular weight excluding hydrogens is 710 g/mol. The molecule has 0 spiro atoms. The molecule has 2 saturated heterocycles. The number of ether oxygens (including phenoxy) is 7. The third-order valence-corrected chi connectivity index (χ3v) is 10.9. The Morgan fingerprint density at radius 2 is 1.53 bits per heavy atom. The Morgan fingerprint density at radius 1 is 0.891 bits per heavy atom. The van der Waals surface area contributed by atoms with Crippen LogP contribution < -0.4 is 0 Å². The van der Waals surface area contributed by atoms with Crippen LogP contribution in [-0.4, -0.2) is 146 Å². The van der Waals surface area contributed by atoms with Crippen molar-refractivity contribution in [2.45, 2.75) is 154 Å². The zero-order chi connectivity index (χ0) is 41.1. The maximum Gasteiger partial charge on any atom is 0.336 e. The third kappa shape index (κ3) is 12.4. The second kappa shape index (κ2) is 22.0. The molecule has 0 saturated carbocycles. The van der Waals surface area contributed by atoms with Crippen molar-refractivity contribution in [1.82, 2.24) is 4.90 Å². The third-order valence-electron chi connectivity index (χ3n) is 10.9. The predicted octanol–water partition coefficient (Wildman–Crippen LogP) is 3.99. The van der Waals surface area contributed by atoms with E-state index in [1.807, 2.05) is 78.8 Å². The highest BCUT2D eigenvalue weighted by Gasteiger charge is 2.51. The lowest BCUT2D eigenvalue weighted by molar-refractivity contribution is -0.351. The summed E-state index contributed by atoms with van der Waals surface area (Å²) in [6.45, 7) is 15.0. The Morgan fingerprint density at radius 3 is 2.11 bits per heavy atom. The number of esters is 1. The van der Waals surface area contributed by atoms with Crippen molar-refractivity contribution in [3.05, 3.63) is 58.7 Å². The Balaban J connectivity index is 2.00. The second-order valence-corrected chi connectivity index (χ2v) is 15.7. The zero-order valence-electron chi connectivity index (χ0n) is 35.0. The van der Waals surface area contributed by atoms with Gasteiger partial charge in [0.1, 0.15) is 36.6 Å². The minimum atomic E-state index is -1.16. The smallest absolute Gasteiger partial charge is 0.336 e. The summed E-state index contributed by atoms with van der Waals surface area (Å²) in [5.74, 6) is -0.770. The lowest BCUT2D eigenvalue weighted by Crippen LogP contribution is -2.66. The van der Waals surface area contributed by atoms with E-state index in [9.17, 15) is 25.2 Å². The minimum Gasteiger partial charge on any atom is -0.458 e. The van der Waals surface area contributed by atoms with E-state index in [-0.39, 0.29) is 23.8 Å². The van der Waals surface area contributed by atoms with Gasteiger partial charge in [-0.2, -0.15) is 0 Å². The van der Waals surface area contributed by atoms with Gasteiger partial charge in [0.2, 0.25) is 0 Å². The lowest BCUT2D eigenvalue weighted by atomic mass is 9.89. The molecule has 13 nitrogen and oxygen atoms in total. The van der Waals surface area contributed by atoms with Gasteiger partial charge in [-0.3, -0.25) is 0 Å². The summed E-state index contributed by atoms with van der Waals surface area (Å²) >= 11 is 0. The molecular formula is C42H69NO12. The molecule has 3 aliphatic rings. The number of nitrogens with zero attached hydrogens (tertiary/aromatic N) is 1. The highest BCUT2D eigenvalue weighted by molar-refractivity contribution is 5.89. The molecule has 0 radical (unpaired) electrons. The lowest BCUT2D eigenvalue weighted by Gasteiger charge is -2.50. The zero-order valence-corrected chi connectivity index (χ0v) is 35.0. The monoisotopic (exact) mass is 779 g/mol. The van der Waals surface area contributed by atoms with E-state index < -0.39 is 92.2 Å². The van der Waals surface area contributed by atoms with Gasteiger partial charge in [-0.05, 0) is 84.7 Å². The maximum atomic E-state index is 13.0. The summed E-state index contributed by atoms with van der Waals surface area (Å²) in [7, 11) is 6.68. The van der Waals surface area contributed by atoms with Crippen molar-refractivity contribution < 1.29 is 58.4 Å². The number of methoxy groups -OCH3 is 2. The Hall–Kier alpha value is -2.27. The standard InChI is InChI=1S/C42H69NO12/c1-13-29-21-25(5)31(45)17-15-14-16-30(22-44)40(48)53-32(23(2)3)19-18-24(4)20-26(6)36(29)54-41-34(46)33(43(9)10)37(27(7)51-41)55-42-39(50-12)35(47)38(49-11)28(8)52-42/h14-16,18,20-21,23,27-29,31-39,41-42,44-47H,13,17,19,22H2,1-12H3/b15-14+,24-18+,25-21-,26-20+,30-16+/t27-,28+,29+,31-,32-,33-,34-,35-,36?,37?,38+,39+,41+,42-/m0/s1. The van der Waals surface area contributed by atoms with Crippen LogP contribution in [-0.2, 0) is 38.0 Å². The van der Waals surface area contributed by atoms with E-state index in [0.29, 0.717) is 12.8 Å². The number of rotatable bonds is 10. The number of carbonyl (C=O) groups excluding carboxylic acids is 1. The number of carbonyl (C=O) groups is 1. The van der Waals surface area contributed by atoms with Gasteiger partial charge in [0.25, 0.3) is 0 Å². The average molecular weight is 780 g/mol. The molecule has 3 aliphatic heterocycles. The number of hydrogen-bond donors (Lipinski definition) is 4. The van der Waals surface area contributed by atoms with Gasteiger partial charge in [-0.1, -0.05) is 56.7 Å². The summed E-state index contributed by atoms with van der Waals surface area (Å²) in [5, 5.41) is 44.0. The van der Waals surface area contributed by atoms with E-state index in [1.54, 1.807) is 19.1 Å². The van der Waals surface area contributed by atoms with Crippen molar-refractivity contribution in [3.63, 3.8) is 0 Å². The first-order chi connectivity index (χ1) is 26.0. The van der Waals surface area contributed by atoms with Gasteiger partial charge in [-0.25, -0.2) is 4.79 Å². The summed E-state index contributed by atoms with van der Waals surface area (Å²) in [5.41, 5.74) is 2.68. The summed E-state index contributed by atoms with van der Waals surface area (Å²) in [6, 6.07) is -0.602. The van der Waals surface area contributed by atoms with Gasteiger partial charge < -0.3 is 58.5 Å². The average Bonchev–Trinajstić information content (AvgIpc) is 3.12. The summed E-state index contributed by atoms with van der Waals surface area (Å²) in [6.07, 6.45) is 3.17. The van der Waals surface area contributed by atoms with E-state index >= 15 is 0 Å². The molecule has 2 unspecified atom stereocenters.